The predicted molar refractivity (Wildman–Crippen MR) is 134 cm³/mol. The van der Waals surface area contributed by atoms with E-state index in [2.05, 4.69) is 15.2 Å². The van der Waals surface area contributed by atoms with Crippen LogP contribution >= 0.6 is 0 Å². The van der Waals surface area contributed by atoms with E-state index in [0.29, 0.717) is 34.3 Å². The van der Waals surface area contributed by atoms with Crippen LogP contribution in [0.1, 0.15) is 11.1 Å². The number of anilines is 1. The summed E-state index contributed by atoms with van der Waals surface area (Å²) in [6.45, 7) is 1.74. The standard InChI is InChI=1S/C24H20N4O7S2.2Na/c1-14-10-18(26-24(29)15-2-5-17(25)6-3-15)8-9-22(14)28-27-19-7-4-16-11-20(36(30,31)32)13-23(21(16)12-19)37(33,34)35;;/h2-13H,25H2,1H3,(H,26,29)(H,30,31,32)(H,33,34,35);;/q;2*+1/p-2. The van der Waals surface area contributed by atoms with Crippen molar-refractivity contribution in [2.24, 2.45) is 15.2 Å². The van der Waals surface area contributed by atoms with Crippen LogP contribution in [0.2, 0.25) is 0 Å². The van der Waals surface area contributed by atoms with Crippen LogP contribution in [0, 0.1) is 6.92 Å². The molecule has 0 fully saturated rings. The Hall–Kier alpha value is -2.17. The fourth-order valence-corrected chi connectivity index (χ4v) is 4.78. The molecule has 0 radical (unpaired) electrons. The molecule has 190 valence electrons. The van der Waals surface area contributed by atoms with E-state index >= 15 is 0 Å². The van der Waals surface area contributed by atoms with Crippen molar-refractivity contribution in [3.05, 3.63) is 83.9 Å². The molecule has 0 aliphatic rings. The van der Waals surface area contributed by atoms with Crippen molar-refractivity contribution in [1.82, 2.24) is 0 Å². The van der Waals surface area contributed by atoms with E-state index in [1.807, 2.05) is 0 Å². The average Bonchev–Trinajstić information content (AvgIpc) is 2.82. The number of nitrogen functional groups attached to an aromatic ring is 1. The van der Waals surface area contributed by atoms with E-state index in [1.165, 1.54) is 18.2 Å². The summed E-state index contributed by atoms with van der Waals surface area (Å²) in [5, 5.41) is 20.6. The molecule has 0 aliphatic carbocycles. The van der Waals surface area contributed by atoms with Crippen molar-refractivity contribution >= 4 is 59.7 Å². The second kappa shape index (κ2) is 13.0. The van der Waals surface area contributed by atoms with Gasteiger partial charge >= 0.3 is 59.1 Å². The van der Waals surface area contributed by atoms with Gasteiger partial charge in [-0.1, -0.05) is 18.2 Å². The van der Waals surface area contributed by atoms with Crippen molar-refractivity contribution < 1.29 is 90.2 Å². The molecule has 0 unspecified atom stereocenters. The van der Waals surface area contributed by atoms with E-state index in [9.17, 15) is 31.0 Å². The zero-order chi connectivity index (χ0) is 27.0. The Morgan fingerprint density at radius 2 is 1.49 bits per heavy atom. The molecular formula is C24H18N4Na2O7S2. The zero-order valence-electron chi connectivity index (χ0n) is 21.1. The van der Waals surface area contributed by atoms with Crippen LogP contribution in [0.5, 0.6) is 0 Å². The van der Waals surface area contributed by atoms with E-state index in [0.717, 1.165) is 6.07 Å². The molecule has 0 heterocycles. The van der Waals surface area contributed by atoms with E-state index in [1.54, 1.807) is 49.4 Å². The number of rotatable bonds is 6. The van der Waals surface area contributed by atoms with Crippen LogP contribution < -0.4 is 70.0 Å². The largest absolute Gasteiger partial charge is 1.00 e. The zero-order valence-corrected chi connectivity index (χ0v) is 26.7. The van der Waals surface area contributed by atoms with Crippen LogP contribution in [-0.4, -0.2) is 31.8 Å². The van der Waals surface area contributed by atoms with Crippen molar-refractivity contribution in [2.45, 2.75) is 16.7 Å². The number of benzene rings is 4. The summed E-state index contributed by atoms with van der Waals surface area (Å²) < 4.78 is 67.4. The van der Waals surface area contributed by atoms with E-state index < -0.39 is 35.9 Å². The smallest absolute Gasteiger partial charge is 0.858 e. The van der Waals surface area contributed by atoms with Crippen molar-refractivity contribution in [3.63, 3.8) is 0 Å². The number of nitrogens with two attached hydrogens (primary N) is 1. The Kier molecular flexibility index (Phi) is 11.0. The van der Waals surface area contributed by atoms with Crippen LogP contribution in [0.3, 0.4) is 0 Å². The van der Waals surface area contributed by atoms with Crippen molar-refractivity contribution in [3.8, 4) is 0 Å². The molecule has 11 nitrogen and oxygen atoms in total. The third-order valence-electron chi connectivity index (χ3n) is 5.28. The molecule has 0 aromatic heterocycles. The molecular weight excluding hydrogens is 566 g/mol. The third kappa shape index (κ3) is 8.17. The van der Waals surface area contributed by atoms with Gasteiger partial charge in [-0.3, -0.25) is 9.55 Å². The van der Waals surface area contributed by atoms with E-state index in [-0.39, 0.29) is 75.6 Å². The van der Waals surface area contributed by atoms with Crippen LogP contribution in [0.15, 0.2) is 97.8 Å². The first kappa shape index (κ1) is 33.0. The van der Waals surface area contributed by atoms with Gasteiger partial charge in [-0.2, -0.15) is 18.6 Å². The molecule has 4 rings (SSSR count). The maximum Gasteiger partial charge on any atom is 1.00 e. The second-order valence-corrected chi connectivity index (χ2v) is 10.7. The Balaban J connectivity index is 0.00000267. The summed E-state index contributed by atoms with van der Waals surface area (Å²) >= 11 is 0. The van der Waals surface area contributed by atoms with Gasteiger partial charge in [0, 0.05) is 11.1 Å². The minimum Gasteiger partial charge on any atom is -0.858 e. The van der Waals surface area contributed by atoms with E-state index in [4.69, 9.17) is 5.73 Å². The summed E-state index contributed by atoms with van der Waals surface area (Å²) in [7, 11) is -9.83. The molecule has 0 saturated heterocycles. The Bertz CT molecular complexity index is 1810. The van der Waals surface area contributed by atoms with Gasteiger partial charge in [0.15, 0.2) is 0 Å². The molecule has 0 atom stereocenters. The molecule has 39 heavy (non-hydrogen) atoms. The molecule has 0 bridgehead atoms. The molecule has 3 N–H and O–H groups in total. The number of hydrogen-bond acceptors (Lipinski definition) is 10. The third-order valence-corrected chi connectivity index (χ3v) is 6.99. The summed E-state index contributed by atoms with van der Waals surface area (Å²) in [6.07, 6.45) is 0. The van der Waals surface area contributed by atoms with Gasteiger partial charge in [0.05, 0.1) is 22.0 Å². The average molecular weight is 585 g/mol. The maximum atomic E-state index is 12.4. The van der Waals surface area contributed by atoms with Crippen molar-refractivity contribution in [2.75, 3.05) is 5.73 Å². The first-order valence-corrected chi connectivity index (χ1v) is 13.3. The Morgan fingerprint density at radius 3 is 2.08 bits per heavy atom. The molecule has 0 aliphatic heterocycles. The first-order valence-electron chi connectivity index (χ1n) is 10.5. The Labute approximate surface area is 269 Å². The summed E-state index contributed by atoms with van der Waals surface area (Å²) in [5.74, 6) is -0.437. The maximum absolute atomic E-state index is 12.4. The number of nitrogens with zero attached hydrogens (tertiary/aromatic N) is 3. The molecule has 4 aromatic carbocycles. The predicted octanol–water partition coefficient (Wildman–Crippen LogP) is -2.26. The topological polar surface area (TPSA) is 198 Å². The second-order valence-electron chi connectivity index (χ2n) is 7.97. The SMILES string of the molecule is Cc1cc(N=C([O-])c2ccc(N)cc2)ccc1N=Nc1ccc2cc(S(=O)(=O)[O-])cc(S(=O)(=O)O)c2c1.[Na+].[Na+]. The van der Waals surface area contributed by atoms with Crippen LogP contribution in [0.4, 0.5) is 22.7 Å². The van der Waals surface area contributed by atoms with Gasteiger partial charge in [0.1, 0.15) is 15.0 Å². The Morgan fingerprint density at radius 1 is 0.846 bits per heavy atom. The fraction of sp³-hybridized carbons (Fsp3) is 0.0417. The molecule has 4 aromatic rings. The molecule has 0 saturated carbocycles. The summed E-state index contributed by atoms with van der Waals surface area (Å²) in [6, 6.07) is 16.9. The normalized spacial score (nSPS) is 12.2. The number of aliphatic imine (C=N–C) groups is 1. The van der Waals surface area contributed by atoms with Gasteiger partial charge in [-0.05, 0) is 83.9 Å². The van der Waals surface area contributed by atoms with Crippen LogP contribution in [-0.2, 0) is 20.2 Å². The van der Waals surface area contributed by atoms with Gasteiger partial charge in [0.2, 0.25) is 0 Å². The van der Waals surface area contributed by atoms with Gasteiger partial charge in [-0.15, -0.1) is 0 Å². The quantitative estimate of drug-likeness (QED) is 0.0632. The fourth-order valence-electron chi connectivity index (χ4n) is 3.45. The van der Waals surface area contributed by atoms with Gasteiger partial charge in [-0.25, -0.2) is 8.42 Å². The summed E-state index contributed by atoms with van der Waals surface area (Å²) in [5.41, 5.74) is 8.25. The van der Waals surface area contributed by atoms with Crippen LogP contribution in [0.25, 0.3) is 10.8 Å². The first-order chi connectivity index (χ1) is 17.3. The molecule has 0 spiro atoms. The number of hydrogen-bond donors (Lipinski definition) is 2. The molecule has 15 heteroatoms. The number of azo groups is 1. The van der Waals surface area contributed by atoms with Gasteiger partial charge in [0.25, 0.3) is 10.1 Å². The van der Waals surface area contributed by atoms with Crippen molar-refractivity contribution in [1.29, 1.82) is 0 Å². The van der Waals surface area contributed by atoms with Gasteiger partial charge < -0.3 is 15.4 Å². The number of aryl methyl sites for hydroxylation is 1. The monoisotopic (exact) mass is 584 g/mol. The molecule has 0 amide bonds. The number of fused-ring (bicyclic) bond motifs is 1. The minimum absolute atomic E-state index is 0. The minimum atomic E-state index is -4.97. The summed E-state index contributed by atoms with van der Waals surface area (Å²) in [4.78, 5) is 2.53.